The van der Waals surface area contributed by atoms with E-state index in [9.17, 15) is 0 Å². The van der Waals surface area contributed by atoms with Crippen LogP contribution in [0.15, 0.2) is 73.2 Å². The molecule has 0 saturated heterocycles. The van der Waals surface area contributed by atoms with Crippen molar-refractivity contribution < 1.29 is 4.74 Å². The number of nitrogens with two attached hydrogens (primary N) is 2. The largest absolute Gasteiger partial charge is 0.457 e. The van der Waals surface area contributed by atoms with Gasteiger partial charge in [0.15, 0.2) is 0 Å². The molecule has 5 N–H and O–H groups in total. The van der Waals surface area contributed by atoms with Crippen molar-refractivity contribution in [1.82, 2.24) is 5.32 Å². The Morgan fingerprint density at radius 2 is 1.60 bits per heavy atom. The van der Waals surface area contributed by atoms with Gasteiger partial charge in [0.25, 0.3) is 0 Å². The van der Waals surface area contributed by atoms with Gasteiger partial charge in [-0.05, 0) is 42.0 Å². The van der Waals surface area contributed by atoms with Crippen molar-refractivity contribution >= 4 is 5.70 Å². The van der Waals surface area contributed by atoms with Crippen molar-refractivity contribution in [3.8, 4) is 11.5 Å². The van der Waals surface area contributed by atoms with Gasteiger partial charge in [-0.25, -0.2) is 0 Å². The lowest BCUT2D eigenvalue weighted by Crippen LogP contribution is -2.03. The minimum absolute atomic E-state index is 0.620. The highest BCUT2D eigenvalue weighted by atomic mass is 16.5. The molecular weight excluding hydrogens is 250 g/mol. The van der Waals surface area contributed by atoms with E-state index in [0.717, 1.165) is 17.1 Å². The molecule has 0 bridgehead atoms. The van der Waals surface area contributed by atoms with E-state index in [4.69, 9.17) is 16.2 Å². The first-order valence-corrected chi connectivity index (χ1v) is 6.21. The van der Waals surface area contributed by atoms with E-state index in [2.05, 4.69) is 5.32 Å². The second kappa shape index (κ2) is 6.89. The Kier molecular flexibility index (Phi) is 4.67. The topological polar surface area (TPSA) is 73.3 Å². The molecule has 0 aliphatic carbocycles. The molecule has 4 nitrogen and oxygen atoms in total. The van der Waals surface area contributed by atoms with Gasteiger partial charge >= 0.3 is 0 Å². The monoisotopic (exact) mass is 267 g/mol. The second-order valence-corrected chi connectivity index (χ2v) is 4.06. The Morgan fingerprint density at radius 3 is 2.25 bits per heavy atom. The van der Waals surface area contributed by atoms with Crippen molar-refractivity contribution in [2.45, 2.75) is 0 Å². The van der Waals surface area contributed by atoms with Gasteiger partial charge < -0.3 is 21.5 Å². The second-order valence-electron chi connectivity index (χ2n) is 4.06. The number of para-hydroxylation sites is 1. The van der Waals surface area contributed by atoms with E-state index in [-0.39, 0.29) is 0 Å². The molecule has 0 aliphatic rings. The van der Waals surface area contributed by atoms with Gasteiger partial charge in [0.05, 0.1) is 5.70 Å². The zero-order valence-corrected chi connectivity index (χ0v) is 11.0. The van der Waals surface area contributed by atoms with Crippen LogP contribution in [0.4, 0.5) is 0 Å². The fraction of sp³-hybridized carbons (Fsp3) is 0. The predicted octanol–water partition coefficient (Wildman–Crippen LogP) is 2.76. The van der Waals surface area contributed by atoms with Crippen molar-refractivity contribution in [3.05, 3.63) is 78.8 Å². The molecule has 0 heterocycles. The van der Waals surface area contributed by atoms with Gasteiger partial charge in [-0.1, -0.05) is 18.2 Å². The maximum atomic E-state index is 5.92. The molecule has 2 rings (SSSR count). The normalized spacial score (nSPS) is 11.5. The summed E-state index contributed by atoms with van der Waals surface area (Å²) >= 11 is 0. The van der Waals surface area contributed by atoms with Crippen molar-refractivity contribution in [3.63, 3.8) is 0 Å². The van der Waals surface area contributed by atoms with Gasteiger partial charge in [-0.15, -0.1) is 0 Å². The Bertz CT molecular complexity index is 589. The smallest absolute Gasteiger partial charge is 0.127 e. The summed E-state index contributed by atoms with van der Waals surface area (Å²) in [6.45, 7) is 0. The lowest BCUT2D eigenvalue weighted by atomic mass is 10.1. The molecule has 20 heavy (non-hydrogen) atoms. The Labute approximate surface area is 118 Å². The van der Waals surface area contributed by atoms with Crippen LogP contribution >= 0.6 is 0 Å². The van der Waals surface area contributed by atoms with E-state index < -0.39 is 0 Å². The quantitative estimate of drug-likeness (QED) is 0.778. The fourth-order valence-electron chi connectivity index (χ4n) is 1.62. The molecule has 0 radical (unpaired) electrons. The van der Waals surface area contributed by atoms with Gasteiger partial charge in [0.1, 0.15) is 11.5 Å². The Hall–Kier alpha value is -2.88. The highest BCUT2D eigenvalue weighted by Crippen LogP contribution is 2.22. The summed E-state index contributed by atoms with van der Waals surface area (Å²) in [7, 11) is 0. The molecule has 102 valence electrons. The Balaban J connectivity index is 2.04. The van der Waals surface area contributed by atoms with Crippen LogP contribution in [-0.2, 0) is 0 Å². The molecule has 4 heteroatoms. The minimum atomic E-state index is 0.620. The summed E-state index contributed by atoms with van der Waals surface area (Å²) in [6.07, 6.45) is 4.68. The van der Waals surface area contributed by atoms with Crippen LogP contribution in [0, 0.1) is 0 Å². The van der Waals surface area contributed by atoms with Crippen LogP contribution in [0.5, 0.6) is 11.5 Å². The Morgan fingerprint density at radius 1 is 0.950 bits per heavy atom. The summed E-state index contributed by atoms with van der Waals surface area (Å²) < 4.78 is 5.71. The SMILES string of the molecule is N/C=C\N/C=C(\N)c1ccc(Oc2ccccc2)cc1. The van der Waals surface area contributed by atoms with Crippen molar-refractivity contribution in [1.29, 1.82) is 0 Å². The predicted molar refractivity (Wildman–Crippen MR) is 81.6 cm³/mol. The van der Waals surface area contributed by atoms with Crippen LogP contribution in [-0.4, -0.2) is 0 Å². The number of nitrogens with one attached hydrogen (secondary N) is 1. The fourth-order valence-corrected chi connectivity index (χ4v) is 1.62. The number of hydrogen-bond donors (Lipinski definition) is 3. The van der Waals surface area contributed by atoms with E-state index in [1.165, 1.54) is 6.20 Å². The van der Waals surface area contributed by atoms with E-state index >= 15 is 0 Å². The molecule has 2 aromatic carbocycles. The third-order valence-electron chi connectivity index (χ3n) is 2.60. The maximum Gasteiger partial charge on any atom is 0.127 e. The zero-order valence-electron chi connectivity index (χ0n) is 11.0. The highest BCUT2D eigenvalue weighted by molar-refractivity contribution is 5.63. The molecule has 0 unspecified atom stereocenters. The molecule has 0 aliphatic heterocycles. The first kappa shape index (κ1) is 13.5. The summed E-state index contributed by atoms with van der Waals surface area (Å²) in [6, 6.07) is 17.2. The van der Waals surface area contributed by atoms with Crippen molar-refractivity contribution in [2.24, 2.45) is 11.5 Å². The molecule has 0 saturated carbocycles. The number of hydrogen-bond acceptors (Lipinski definition) is 4. The average Bonchev–Trinajstić information content (AvgIpc) is 2.49. The summed E-state index contributed by atoms with van der Waals surface area (Å²) in [4.78, 5) is 0. The first-order chi connectivity index (χ1) is 9.79. The molecule has 0 amide bonds. The number of ether oxygens (including phenoxy) is 1. The molecule has 0 spiro atoms. The van der Waals surface area contributed by atoms with Crippen LogP contribution in [0.1, 0.15) is 5.56 Å². The number of benzene rings is 2. The van der Waals surface area contributed by atoms with Gasteiger partial charge in [-0.2, -0.15) is 0 Å². The molecule has 0 aromatic heterocycles. The van der Waals surface area contributed by atoms with Gasteiger partial charge in [-0.3, -0.25) is 0 Å². The van der Waals surface area contributed by atoms with Crippen LogP contribution in [0.25, 0.3) is 5.70 Å². The lowest BCUT2D eigenvalue weighted by molar-refractivity contribution is 0.482. The zero-order chi connectivity index (χ0) is 14.2. The molecular formula is C16H17N3O. The summed E-state index contributed by atoms with van der Waals surface area (Å²) in [5, 5.41) is 2.86. The number of rotatable bonds is 5. The lowest BCUT2D eigenvalue weighted by Gasteiger charge is -2.07. The minimum Gasteiger partial charge on any atom is -0.457 e. The third kappa shape index (κ3) is 3.81. The molecule has 0 atom stereocenters. The van der Waals surface area contributed by atoms with Crippen molar-refractivity contribution in [2.75, 3.05) is 0 Å². The van der Waals surface area contributed by atoms with Crippen LogP contribution < -0.4 is 21.5 Å². The highest BCUT2D eigenvalue weighted by Gasteiger charge is 1.99. The van der Waals surface area contributed by atoms with E-state index in [1.54, 1.807) is 12.4 Å². The maximum absolute atomic E-state index is 5.92. The average molecular weight is 267 g/mol. The van der Waals surface area contributed by atoms with Gasteiger partial charge in [0.2, 0.25) is 0 Å². The molecule has 2 aromatic rings. The van der Waals surface area contributed by atoms with Crippen LogP contribution in [0.3, 0.4) is 0 Å². The third-order valence-corrected chi connectivity index (χ3v) is 2.60. The summed E-state index contributed by atoms with van der Waals surface area (Å²) in [5.74, 6) is 1.57. The first-order valence-electron chi connectivity index (χ1n) is 6.21. The van der Waals surface area contributed by atoms with Gasteiger partial charge in [0, 0.05) is 18.6 Å². The summed E-state index contributed by atoms with van der Waals surface area (Å²) in [5.41, 5.74) is 12.7. The standard InChI is InChI=1S/C16H17N3O/c17-10-11-19-12-16(18)13-6-8-15(9-7-13)20-14-4-2-1-3-5-14/h1-12,19H,17-18H2/b11-10-,16-12-. The molecule has 0 fully saturated rings. The van der Waals surface area contributed by atoms with E-state index in [0.29, 0.717) is 5.70 Å². The van der Waals surface area contributed by atoms with Crippen LogP contribution in [0.2, 0.25) is 0 Å². The van der Waals surface area contributed by atoms with E-state index in [1.807, 2.05) is 54.6 Å².